The monoisotopic (exact) mass is 479 g/mol. The van der Waals surface area contributed by atoms with Crippen LogP contribution in [0.3, 0.4) is 0 Å². The average molecular weight is 480 g/mol. The molecule has 0 atom stereocenters. The second kappa shape index (κ2) is 10.7. The van der Waals surface area contributed by atoms with E-state index in [4.69, 9.17) is 4.74 Å². The van der Waals surface area contributed by atoms with Gasteiger partial charge < -0.3 is 15.0 Å². The first kappa shape index (κ1) is 23.8. The molecular formula is C26H29N3O4S. The number of hydrogen-bond donors (Lipinski definition) is 1. The van der Waals surface area contributed by atoms with Crippen LogP contribution in [0, 0.1) is 0 Å². The van der Waals surface area contributed by atoms with Crippen LogP contribution in [-0.4, -0.2) is 45.4 Å². The van der Waals surface area contributed by atoms with Crippen LogP contribution in [0.2, 0.25) is 0 Å². The summed E-state index contributed by atoms with van der Waals surface area (Å²) in [7, 11) is -1.86. The highest BCUT2D eigenvalue weighted by Gasteiger charge is 2.27. The topological polar surface area (TPSA) is 79.0 Å². The molecule has 0 unspecified atom stereocenters. The van der Waals surface area contributed by atoms with Crippen molar-refractivity contribution in [3.8, 4) is 5.75 Å². The molecule has 1 heterocycles. The first-order valence-corrected chi connectivity index (χ1v) is 12.7. The number of rotatable bonds is 9. The Morgan fingerprint density at radius 1 is 0.941 bits per heavy atom. The largest absolute Gasteiger partial charge is 0.497 e. The van der Waals surface area contributed by atoms with Gasteiger partial charge in [-0.3, -0.25) is 4.79 Å². The second-order valence-electron chi connectivity index (χ2n) is 8.22. The highest BCUT2D eigenvalue weighted by molar-refractivity contribution is 7.89. The standard InChI is InChI=1S/C26H29N3O4S/c1-33-24-13-11-23(12-14-24)28(19-21-7-3-2-4-8-21)20-26(30)27-22-9-15-25(16-10-22)34(31,32)29-17-5-6-18-29/h2-4,7-16H,5-6,17-20H2,1H3,(H,27,30). The quantitative estimate of drug-likeness (QED) is 0.499. The predicted octanol–water partition coefficient (Wildman–Crippen LogP) is 4.13. The number of methoxy groups -OCH3 is 1. The summed E-state index contributed by atoms with van der Waals surface area (Å²) < 4.78 is 32.2. The van der Waals surface area contributed by atoms with Gasteiger partial charge in [0.2, 0.25) is 15.9 Å². The van der Waals surface area contributed by atoms with E-state index in [9.17, 15) is 13.2 Å². The highest BCUT2D eigenvalue weighted by Crippen LogP contribution is 2.23. The van der Waals surface area contributed by atoms with E-state index in [1.165, 1.54) is 4.31 Å². The first-order chi connectivity index (χ1) is 16.5. The number of anilines is 2. The Labute approximate surface area is 201 Å². The van der Waals surface area contributed by atoms with Gasteiger partial charge in [-0.15, -0.1) is 0 Å². The van der Waals surface area contributed by atoms with Crippen LogP contribution in [0.25, 0.3) is 0 Å². The molecule has 3 aromatic rings. The molecule has 1 amide bonds. The third-order valence-electron chi connectivity index (χ3n) is 5.83. The zero-order chi connectivity index (χ0) is 24.0. The molecule has 1 fully saturated rings. The minimum atomic E-state index is -3.48. The van der Waals surface area contributed by atoms with Gasteiger partial charge in [-0.25, -0.2) is 8.42 Å². The van der Waals surface area contributed by atoms with Gasteiger partial charge in [0.15, 0.2) is 0 Å². The fourth-order valence-electron chi connectivity index (χ4n) is 4.00. The van der Waals surface area contributed by atoms with Crippen molar-refractivity contribution in [1.29, 1.82) is 0 Å². The third-order valence-corrected chi connectivity index (χ3v) is 7.74. The summed E-state index contributed by atoms with van der Waals surface area (Å²) in [6, 6.07) is 23.9. The van der Waals surface area contributed by atoms with E-state index in [-0.39, 0.29) is 17.3 Å². The van der Waals surface area contributed by atoms with Crippen molar-refractivity contribution in [2.24, 2.45) is 0 Å². The van der Waals surface area contributed by atoms with Crippen LogP contribution in [0.15, 0.2) is 83.8 Å². The zero-order valence-electron chi connectivity index (χ0n) is 19.2. The van der Waals surface area contributed by atoms with Gasteiger partial charge in [0.05, 0.1) is 18.6 Å². The molecule has 0 aliphatic carbocycles. The van der Waals surface area contributed by atoms with E-state index in [1.54, 1.807) is 31.4 Å². The van der Waals surface area contributed by atoms with E-state index >= 15 is 0 Å². The summed E-state index contributed by atoms with van der Waals surface area (Å²) in [4.78, 5) is 15.1. The van der Waals surface area contributed by atoms with Crippen LogP contribution in [0.1, 0.15) is 18.4 Å². The molecule has 8 heteroatoms. The molecule has 34 heavy (non-hydrogen) atoms. The number of nitrogens with zero attached hydrogens (tertiary/aromatic N) is 2. The molecule has 0 aromatic heterocycles. The minimum absolute atomic E-state index is 0.134. The van der Waals surface area contributed by atoms with Gasteiger partial charge in [-0.2, -0.15) is 4.31 Å². The smallest absolute Gasteiger partial charge is 0.243 e. The fraction of sp³-hybridized carbons (Fsp3) is 0.269. The molecule has 0 saturated carbocycles. The summed E-state index contributed by atoms with van der Waals surface area (Å²) in [5.41, 5.74) is 2.54. The number of nitrogens with one attached hydrogen (secondary N) is 1. The third kappa shape index (κ3) is 5.76. The number of amides is 1. The molecule has 0 bridgehead atoms. The van der Waals surface area contributed by atoms with Gasteiger partial charge in [0, 0.05) is 31.0 Å². The first-order valence-electron chi connectivity index (χ1n) is 11.3. The second-order valence-corrected chi connectivity index (χ2v) is 10.2. The maximum Gasteiger partial charge on any atom is 0.243 e. The Morgan fingerprint density at radius 3 is 2.21 bits per heavy atom. The Morgan fingerprint density at radius 2 is 1.59 bits per heavy atom. The number of carbonyl (C=O) groups is 1. The average Bonchev–Trinajstić information content (AvgIpc) is 3.41. The molecule has 1 aliphatic heterocycles. The number of carbonyl (C=O) groups excluding carboxylic acids is 1. The lowest BCUT2D eigenvalue weighted by Gasteiger charge is -2.25. The summed E-state index contributed by atoms with van der Waals surface area (Å²) in [6.45, 7) is 1.81. The molecule has 178 valence electrons. The number of benzene rings is 3. The SMILES string of the molecule is COc1ccc(N(CC(=O)Nc2ccc(S(=O)(=O)N3CCCC3)cc2)Cc2ccccc2)cc1. The molecule has 0 radical (unpaired) electrons. The molecule has 1 saturated heterocycles. The number of sulfonamides is 1. The summed E-state index contributed by atoms with van der Waals surface area (Å²) in [5.74, 6) is 0.554. The maximum absolute atomic E-state index is 12.9. The van der Waals surface area contributed by atoms with Crippen molar-refractivity contribution in [2.75, 3.05) is 37.0 Å². The van der Waals surface area contributed by atoms with E-state index in [0.29, 0.717) is 25.3 Å². The molecule has 1 aliphatic rings. The summed E-state index contributed by atoms with van der Waals surface area (Å²) in [5, 5.41) is 2.88. The molecule has 3 aromatic carbocycles. The minimum Gasteiger partial charge on any atom is -0.497 e. The van der Waals surface area contributed by atoms with Crippen LogP contribution < -0.4 is 15.0 Å². The predicted molar refractivity (Wildman–Crippen MR) is 134 cm³/mol. The van der Waals surface area contributed by atoms with Crippen LogP contribution in [0.4, 0.5) is 11.4 Å². The molecule has 7 nitrogen and oxygen atoms in total. The lowest BCUT2D eigenvalue weighted by atomic mass is 10.2. The molecule has 1 N–H and O–H groups in total. The molecule has 0 spiro atoms. The van der Waals surface area contributed by atoms with Gasteiger partial charge in [-0.05, 0) is 66.9 Å². The highest BCUT2D eigenvalue weighted by atomic mass is 32.2. The van der Waals surface area contributed by atoms with Crippen LogP contribution >= 0.6 is 0 Å². The maximum atomic E-state index is 12.9. The number of ether oxygens (including phenoxy) is 1. The van der Waals surface area contributed by atoms with E-state index in [1.807, 2.05) is 59.5 Å². The lowest BCUT2D eigenvalue weighted by molar-refractivity contribution is -0.115. The Balaban J connectivity index is 1.45. The summed E-state index contributed by atoms with van der Waals surface area (Å²) in [6.07, 6.45) is 1.78. The van der Waals surface area contributed by atoms with Gasteiger partial charge >= 0.3 is 0 Å². The van der Waals surface area contributed by atoms with Crippen LogP contribution in [0.5, 0.6) is 5.75 Å². The van der Waals surface area contributed by atoms with Crippen molar-refractivity contribution in [3.63, 3.8) is 0 Å². The van der Waals surface area contributed by atoms with Crippen LogP contribution in [-0.2, 0) is 21.4 Å². The fourth-order valence-corrected chi connectivity index (χ4v) is 5.51. The summed E-state index contributed by atoms with van der Waals surface area (Å²) >= 11 is 0. The number of hydrogen-bond acceptors (Lipinski definition) is 5. The molecule has 4 rings (SSSR count). The van der Waals surface area contributed by atoms with Crippen molar-refractivity contribution >= 4 is 27.3 Å². The Hall–Kier alpha value is -3.36. The van der Waals surface area contributed by atoms with E-state index in [2.05, 4.69) is 5.32 Å². The van der Waals surface area contributed by atoms with E-state index < -0.39 is 10.0 Å². The zero-order valence-corrected chi connectivity index (χ0v) is 20.0. The van der Waals surface area contributed by atoms with Gasteiger partial charge in [-0.1, -0.05) is 30.3 Å². The van der Waals surface area contributed by atoms with Crippen molar-refractivity contribution in [3.05, 3.63) is 84.4 Å². The normalized spacial score (nSPS) is 14.0. The van der Waals surface area contributed by atoms with E-state index in [0.717, 1.165) is 29.8 Å². The van der Waals surface area contributed by atoms with Gasteiger partial charge in [0.25, 0.3) is 0 Å². The Bertz CT molecular complexity index is 1190. The Kier molecular flexibility index (Phi) is 7.49. The van der Waals surface area contributed by atoms with Crippen molar-refractivity contribution < 1.29 is 17.9 Å². The van der Waals surface area contributed by atoms with Gasteiger partial charge in [0.1, 0.15) is 5.75 Å². The molecular weight excluding hydrogens is 450 g/mol. The lowest BCUT2D eigenvalue weighted by Crippen LogP contribution is -2.33. The van der Waals surface area contributed by atoms with Crippen molar-refractivity contribution in [2.45, 2.75) is 24.3 Å². The van der Waals surface area contributed by atoms with Crippen molar-refractivity contribution in [1.82, 2.24) is 4.31 Å².